The van der Waals surface area contributed by atoms with Crippen LogP contribution < -0.4 is 10.6 Å². The monoisotopic (exact) mass is 382 g/mol. The standard InChI is InChI=1S/C20H19FN4OS/c21-15-6-7-19-17(10-15)18(8-9-27-19)24-20(26)22-11-14-12-23-25(13-14)16-4-2-1-3-5-16/h1-7,10,12-13,18H,8-9,11H2,(H2,22,24,26)/t18-/m1/s1. The zero-order chi connectivity index (χ0) is 18.6. The molecule has 2 N–H and O–H groups in total. The van der Waals surface area contributed by atoms with Crippen LogP contribution in [0.25, 0.3) is 5.69 Å². The lowest BCUT2D eigenvalue weighted by molar-refractivity contribution is 0.236. The normalized spacial score (nSPS) is 15.8. The number of thioether (sulfide) groups is 1. The number of carbonyl (C=O) groups is 1. The summed E-state index contributed by atoms with van der Waals surface area (Å²) in [7, 11) is 0. The molecular formula is C20H19FN4OS. The van der Waals surface area contributed by atoms with Crippen molar-refractivity contribution in [3.8, 4) is 5.69 Å². The molecule has 0 saturated carbocycles. The number of nitrogens with one attached hydrogen (secondary N) is 2. The molecule has 4 rings (SSSR count). The van der Waals surface area contributed by atoms with Gasteiger partial charge < -0.3 is 10.6 Å². The SMILES string of the molecule is O=C(NCc1cnn(-c2ccccc2)c1)N[C@@H]1CCSc2ccc(F)cc21. The van der Waals surface area contributed by atoms with E-state index in [0.717, 1.165) is 33.9 Å². The Labute approximate surface area is 161 Å². The number of rotatable bonds is 4. The van der Waals surface area contributed by atoms with E-state index in [-0.39, 0.29) is 17.9 Å². The van der Waals surface area contributed by atoms with Crippen LogP contribution >= 0.6 is 11.8 Å². The van der Waals surface area contributed by atoms with Gasteiger partial charge in [-0.2, -0.15) is 5.10 Å². The third kappa shape index (κ3) is 4.14. The van der Waals surface area contributed by atoms with Gasteiger partial charge in [0, 0.05) is 29.0 Å². The van der Waals surface area contributed by atoms with Crippen LogP contribution in [0.1, 0.15) is 23.6 Å². The number of urea groups is 1. The van der Waals surface area contributed by atoms with Crippen LogP contribution in [0.3, 0.4) is 0 Å². The summed E-state index contributed by atoms with van der Waals surface area (Å²) in [5.41, 5.74) is 2.71. The molecule has 0 bridgehead atoms. The highest BCUT2D eigenvalue weighted by atomic mass is 32.2. The molecule has 27 heavy (non-hydrogen) atoms. The van der Waals surface area contributed by atoms with Crippen molar-refractivity contribution >= 4 is 17.8 Å². The van der Waals surface area contributed by atoms with E-state index < -0.39 is 0 Å². The molecule has 5 nitrogen and oxygen atoms in total. The second-order valence-electron chi connectivity index (χ2n) is 6.33. The van der Waals surface area contributed by atoms with Gasteiger partial charge in [0.15, 0.2) is 0 Å². The Balaban J connectivity index is 1.36. The first-order valence-corrected chi connectivity index (χ1v) is 9.73. The first-order valence-electron chi connectivity index (χ1n) is 8.74. The number of benzene rings is 2. The van der Waals surface area contributed by atoms with Crippen LogP contribution in [-0.2, 0) is 6.54 Å². The first kappa shape index (κ1) is 17.6. The van der Waals surface area contributed by atoms with Gasteiger partial charge in [-0.15, -0.1) is 11.8 Å². The van der Waals surface area contributed by atoms with Crippen molar-refractivity contribution in [1.82, 2.24) is 20.4 Å². The Hall–Kier alpha value is -2.80. The molecule has 0 spiro atoms. The van der Waals surface area contributed by atoms with Crippen molar-refractivity contribution in [2.75, 3.05) is 5.75 Å². The molecule has 7 heteroatoms. The topological polar surface area (TPSA) is 59.0 Å². The average molecular weight is 382 g/mol. The molecule has 2 aromatic carbocycles. The summed E-state index contributed by atoms with van der Waals surface area (Å²) in [5, 5.41) is 10.1. The Bertz CT molecular complexity index is 944. The maximum Gasteiger partial charge on any atom is 0.315 e. The molecule has 2 heterocycles. The molecule has 138 valence electrons. The Morgan fingerprint density at radius 1 is 1.26 bits per heavy atom. The van der Waals surface area contributed by atoms with Crippen LogP contribution in [0, 0.1) is 5.82 Å². The zero-order valence-corrected chi connectivity index (χ0v) is 15.4. The average Bonchev–Trinajstić information content (AvgIpc) is 3.17. The minimum absolute atomic E-state index is 0.177. The zero-order valence-electron chi connectivity index (χ0n) is 14.6. The predicted molar refractivity (Wildman–Crippen MR) is 103 cm³/mol. The van der Waals surface area contributed by atoms with Crippen molar-refractivity contribution < 1.29 is 9.18 Å². The number of para-hydroxylation sites is 1. The minimum Gasteiger partial charge on any atom is -0.334 e. The molecular weight excluding hydrogens is 363 g/mol. The van der Waals surface area contributed by atoms with E-state index in [1.807, 2.05) is 36.5 Å². The lowest BCUT2D eigenvalue weighted by Crippen LogP contribution is -2.38. The number of nitrogens with zero attached hydrogens (tertiary/aromatic N) is 2. The van der Waals surface area contributed by atoms with E-state index in [4.69, 9.17) is 0 Å². The van der Waals surface area contributed by atoms with Crippen molar-refractivity contribution in [3.63, 3.8) is 0 Å². The Kier molecular flexibility index (Phi) is 5.11. The Morgan fingerprint density at radius 2 is 2.11 bits per heavy atom. The second-order valence-corrected chi connectivity index (χ2v) is 7.46. The molecule has 1 aliphatic heterocycles. The second kappa shape index (κ2) is 7.84. The van der Waals surface area contributed by atoms with Crippen LogP contribution in [0.15, 0.2) is 65.8 Å². The molecule has 3 aromatic rings. The third-order valence-corrected chi connectivity index (χ3v) is 5.55. The maximum absolute atomic E-state index is 13.6. The van der Waals surface area contributed by atoms with Crippen LogP contribution in [-0.4, -0.2) is 21.6 Å². The minimum atomic E-state index is -0.281. The van der Waals surface area contributed by atoms with Gasteiger partial charge in [-0.25, -0.2) is 13.9 Å². The number of hydrogen-bond acceptors (Lipinski definition) is 3. The van der Waals surface area contributed by atoms with E-state index >= 15 is 0 Å². The highest BCUT2D eigenvalue weighted by Crippen LogP contribution is 2.36. The largest absolute Gasteiger partial charge is 0.334 e. The summed E-state index contributed by atoms with van der Waals surface area (Å²) in [5.74, 6) is 0.615. The molecule has 0 radical (unpaired) electrons. The number of hydrogen-bond donors (Lipinski definition) is 2. The van der Waals surface area contributed by atoms with Crippen molar-refractivity contribution in [3.05, 3.63) is 77.9 Å². The molecule has 1 atom stereocenters. The van der Waals surface area contributed by atoms with Crippen molar-refractivity contribution in [2.45, 2.75) is 23.9 Å². The van der Waals surface area contributed by atoms with E-state index in [1.165, 1.54) is 12.1 Å². The van der Waals surface area contributed by atoms with Crippen LogP contribution in [0.5, 0.6) is 0 Å². The number of amides is 2. The molecule has 0 fully saturated rings. The molecule has 0 aliphatic carbocycles. The van der Waals surface area contributed by atoms with Crippen molar-refractivity contribution in [1.29, 1.82) is 0 Å². The number of fused-ring (bicyclic) bond motifs is 1. The smallest absolute Gasteiger partial charge is 0.315 e. The number of carbonyl (C=O) groups excluding carboxylic acids is 1. The van der Waals surface area contributed by atoms with E-state index in [0.29, 0.717) is 6.54 Å². The van der Waals surface area contributed by atoms with Crippen LogP contribution in [0.2, 0.25) is 0 Å². The van der Waals surface area contributed by atoms with Gasteiger partial charge in [0.1, 0.15) is 5.82 Å². The van der Waals surface area contributed by atoms with E-state index in [1.54, 1.807) is 28.7 Å². The third-order valence-electron chi connectivity index (χ3n) is 4.43. The van der Waals surface area contributed by atoms with Gasteiger partial charge in [-0.05, 0) is 42.3 Å². The number of halogens is 1. The summed E-state index contributed by atoms with van der Waals surface area (Å²) < 4.78 is 15.3. The molecule has 1 aliphatic rings. The summed E-state index contributed by atoms with van der Waals surface area (Å²) in [4.78, 5) is 13.3. The van der Waals surface area contributed by atoms with Gasteiger partial charge >= 0.3 is 6.03 Å². The fraction of sp³-hybridized carbons (Fsp3) is 0.200. The Morgan fingerprint density at radius 3 is 2.96 bits per heavy atom. The molecule has 0 unspecified atom stereocenters. The van der Waals surface area contributed by atoms with Crippen LogP contribution in [0.4, 0.5) is 9.18 Å². The van der Waals surface area contributed by atoms with E-state index in [9.17, 15) is 9.18 Å². The van der Waals surface area contributed by atoms with Gasteiger partial charge in [0.05, 0.1) is 17.9 Å². The fourth-order valence-electron chi connectivity index (χ4n) is 3.08. The first-order chi connectivity index (χ1) is 13.2. The summed E-state index contributed by atoms with van der Waals surface area (Å²) in [6.45, 7) is 0.371. The fourth-order valence-corrected chi connectivity index (χ4v) is 4.19. The summed E-state index contributed by atoms with van der Waals surface area (Å²) in [6, 6.07) is 14.1. The quantitative estimate of drug-likeness (QED) is 0.716. The predicted octanol–water partition coefficient (Wildman–Crippen LogP) is 4.05. The highest BCUT2D eigenvalue weighted by molar-refractivity contribution is 7.99. The van der Waals surface area contributed by atoms with Crippen molar-refractivity contribution in [2.24, 2.45) is 0 Å². The molecule has 2 amide bonds. The maximum atomic E-state index is 13.6. The molecule has 1 aromatic heterocycles. The summed E-state index contributed by atoms with van der Waals surface area (Å²) in [6.07, 6.45) is 4.40. The lowest BCUT2D eigenvalue weighted by atomic mass is 10.0. The van der Waals surface area contributed by atoms with Gasteiger partial charge in [0.25, 0.3) is 0 Å². The number of aromatic nitrogens is 2. The van der Waals surface area contributed by atoms with Gasteiger partial charge in [-0.3, -0.25) is 0 Å². The van der Waals surface area contributed by atoms with Gasteiger partial charge in [-0.1, -0.05) is 18.2 Å². The highest BCUT2D eigenvalue weighted by Gasteiger charge is 2.22. The van der Waals surface area contributed by atoms with E-state index in [2.05, 4.69) is 15.7 Å². The summed E-state index contributed by atoms with van der Waals surface area (Å²) >= 11 is 1.69. The lowest BCUT2D eigenvalue weighted by Gasteiger charge is -2.26. The molecule has 0 saturated heterocycles. The van der Waals surface area contributed by atoms with Gasteiger partial charge in [0.2, 0.25) is 0 Å².